The largest absolute Gasteiger partial charge is 0.494 e. The van der Waals surface area contributed by atoms with E-state index in [0.717, 1.165) is 22.4 Å². The molecule has 0 radical (unpaired) electrons. The maximum absolute atomic E-state index is 13.7. The number of aromatic nitrogens is 2. The number of rotatable bonds is 5. The molecule has 0 aliphatic rings. The van der Waals surface area contributed by atoms with Crippen LogP contribution >= 0.6 is 22.6 Å². The molecule has 0 amide bonds. The molecule has 1 aromatic carbocycles. The van der Waals surface area contributed by atoms with E-state index in [1.165, 1.54) is 13.2 Å². The first-order valence-corrected chi connectivity index (χ1v) is 7.34. The van der Waals surface area contributed by atoms with E-state index < -0.39 is 5.82 Å². The fourth-order valence-electron chi connectivity index (χ4n) is 1.68. The van der Waals surface area contributed by atoms with Gasteiger partial charge in [-0.25, -0.2) is 14.4 Å². The first kappa shape index (κ1) is 15.0. The van der Waals surface area contributed by atoms with Gasteiger partial charge in [0.25, 0.3) is 0 Å². The second-order valence-electron chi connectivity index (χ2n) is 4.17. The molecule has 1 N–H and O–H groups in total. The highest BCUT2D eigenvalue weighted by molar-refractivity contribution is 14.1. The summed E-state index contributed by atoms with van der Waals surface area (Å²) in [6.07, 6.45) is 2.73. The number of anilines is 1. The lowest BCUT2D eigenvalue weighted by molar-refractivity contribution is 0.386. The highest BCUT2D eigenvalue weighted by Gasteiger charge is 2.10. The Morgan fingerprint density at radius 1 is 1.40 bits per heavy atom. The average Bonchev–Trinajstić information content (AvgIpc) is 2.46. The van der Waals surface area contributed by atoms with Crippen LogP contribution < -0.4 is 10.1 Å². The topological polar surface area (TPSA) is 47.0 Å². The summed E-state index contributed by atoms with van der Waals surface area (Å²) in [5.74, 6) is 1.05. The van der Waals surface area contributed by atoms with Crippen LogP contribution in [0.25, 0.3) is 11.4 Å². The molecule has 0 fully saturated rings. The molecular weight excluding hydrogens is 372 g/mol. The Bertz CT molecular complexity index is 607. The molecule has 0 saturated heterocycles. The van der Waals surface area contributed by atoms with Crippen molar-refractivity contribution in [2.24, 2.45) is 0 Å². The number of nitrogens with zero attached hydrogens (tertiary/aromatic N) is 2. The van der Waals surface area contributed by atoms with Crippen LogP contribution in [-0.2, 0) is 0 Å². The van der Waals surface area contributed by atoms with Crippen LogP contribution in [0, 0.1) is 9.39 Å². The molecule has 0 saturated carbocycles. The molecule has 0 spiro atoms. The van der Waals surface area contributed by atoms with Gasteiger partial charge in [-0.1, -0.05) is 6.92 Å². The summed E-state index contributed by atoms with van der Waals surface area (Å²) >= 11 is 2.17. The zero-order valence-corrected chi connectivity index (χ0v) is 13.4. The maximum atomic E-state index is 13.7. The van der Waals surface area contributed by atoms with Crippen molar-refractivity contribution in [3.05, 3.63) is 33.8 Å². The number of methoxy groups -OCH3 is 1. The molecule has 0 unspecified atom stereocenters. The monoisotopic (exact) mass is 387 g/mol. The Labute approximate surface area is 130 Å². The zero-order chi connectivity index (χ0) is 14.5. The smallest absolute Gasteiger partial charge is 0.165 e. The maximum Gasteiger partial charge on any atom is 0.165 e. The van der Waals surface area contributed by atoms with Gasteiger partial charge >= 0.3 is 0 Å². The fourth-order valence-corrected chi connectivity index (χ4v) is 2.13. The van der Waals surface area contributed by atoms with Crippen LogP contribution in [0.15, 0.2) is 24.4 Å². The molecule has 2 aromatic rings. The standard InChI is InChI=1S/C14H15FIN3O/c1-3-6-17-14-11(16)8-18-13(19-14)9-4-5-12(20-2)10(15)7-9/h4-5,7-8H,3,6H2,1-2H3,(H,17,18,19). The van der Waals surface area contributed by atoms with Crippen molar-refractivity contribution in [1.29, 1.82) is 0 Å². The average molecular weight is 387 g/mol. The molecule has 0 aliphatic carbocycles. The van der Waals surface area contributed by atoms with Crippen molar-refractivity contribution < 1.29 is 9.13 Å². The van der Waals surface area contributed by atoms with E-state index >= 15 is 0 Å². The van der Waals surface area contributed by atoms with Gasteiger partial charge < -0.3 is 10.1 Å². The van der Waals surface area contributed by atoms with Gasteiger partial charge in [-0.05, 0) is 47.2 Å². The number of hydrogen-bond donors (Lipinski definition) is 1. The van der Waals surface area contributed by atoms with E-state index in [9.17, 15) is 4.39 Å². The third kappa shape index (κ3) is 3.36. The third-order valence-corrected chi connectivity index (χ3v) is 3.49. The summed E-state index contributed by atoms with van der Waals surface area (Å²) in [5, 5.41) is 3.23. The van der Waals surface area contributed by atoms with Crippen LogP contribution in [-0.4, -0.2) is 23.6 Å². The molecule has 6 heteroatoms. The number of nitrogens with one attached hydrogen (secondary N) is 1. The second-order valence-corrected chi connectivity index (χ2v) is 5.33. The Morgan fingerprint density at radius 3 is 2.85 bits per heavy atom. The lowest BCUT2D eigenvalue weighted by atomic mass is 10.2. The molecule has 1 heterocycles. The predicted molar refractivity (Wildman–Crippen MR) is 85.5 cm³/mol. The molecule has 0 aliphatic heterocycles. The Balaban J connectivity index is 2.35. The third-order valence-electron chi connectivity index (χ3n) is 2.70. The lowest BCUT2D eigenvalue weighted by Crippen LogP contribution is -2.05. The van der Waals surface area contributed by atoms with Crippen LogP contribution in [0.3, 0.4) is 0 Å². The predicted octanol–water partition coefficient (Wildman–Crippen LogP) is 3.72. The number of benzene rings is 1. The first-order valence-electron chi connectivity index (χ1n) is 6.26. The Hall–Kier alpha value is -1.44. The zero-order valence-electron chi connectivity index (χ0n) is 11.3. The van der Waals surface area contributed by atoms with E-state index in [1.807, 2.05) is 0 Å². The molecule has 2 rings (SSSR count). The normalized spacial score (nSPS) is 10.4. The van der Waals surface area contributed by atoms with Gasteiger partial charge in [-0.3, -0.25) is 0 Å². The minimum absolute atomic E-state index is 0.212. The molecule has 20 heavy (non-hydrogen) atoms. The van der Waals surface area contributed by atoms with E-state index in [1.54, 1.807) is 18.3 Å². The quantitative estimate of drug-likeness (QED) is 0.795. The minimum Gasteiger partial charge on any atom is -0.494 e. The molecule has 0 bridgehead atoms. The molecule has 0 atom stereocenters. The second kappa shape index (κ2) is 6.83. The van der Waals surface area contributed by atoms with E-state index in [4.69, 9.17) is 4.74 Å². The number of hydrogen-bond acceptors (Lipinski definition) is 4. The highest BCUT2D eigenvalue weighted by Crippen LogP contribution is 2.25. The van der Waals surface area contributed by atoms with Gasteiger partial charge in [0.2, 0.25) is 0 Å². The summed E-state index contributed by atoms with van der Waals surface area (Å²) in [6, 6.07) is 4.70. The summed E-state index contributed by atoms with van der Waals surface area (Å²) in [7, 11) is 1.44. The SMILES string of the molecule is CCCNc1nc(-c2ccc(OC)c(F)c2)ncc1I. The van der Waals surface area contributed by atoms with Crippen molar-refractivity contribution in [3.8, 4) is 17.1 Å². The fraction of sp³-hybridized carbons (Fsp3) is 0.286. The minimum atomic E-state index is -0.421. The van der Waals surface area contributed by atoms with Crippen LogP contribution in [0.5, 0.6) is 5.75 Å². The van der Waals surface area contributed by atoms with E-state index in [2.05, 4.69) is 44.8 Å². The summed E-state index contributed by atoms with van der Waals surface area (Å²) in [4.78, 5) is 8.69. The first-order chi connectivity index (χ1) is 9.65. The number of ether oxygens (including phenoxy) is 1. The van der Waals surface area contributed by atoms with Crippen molar-refractivity contribution in [1.82, 2.24) is 9.97 Å². The number of halogens is 2. The van der Waals surface area contributed by atoms with Crippen molar-refractivity contribution >= 4 is 28.4 Å². The van der Waals surface area contributed by atoms with Gasteiger partial charge in [0, 0.05) is 18.3 Å². The van der Waals surface area contributed by atoms with Gasteiger partial charge in [0.05, 0.1) is 10.7 Å². The molecular formula is C14H15FIN3O. The van der Waals surface area contributed by atoms with Crippen LogP contribution in [0.1, 0.15) is 13.3 Å². The lowest BCUT2D eigenvalue weighted by Gasteiger charge is -2.09. The van der Waals surface area contributed by atoms with Crippen molar-refractivity contribution in [2.75, 3.05) is 19.0 Å². The van der Waals surface area contributed by atoms with E-state index in [-0.39, 0.29) is 5.75 Å². The molecule has 4 nitrogen and oxygen atoms in total. The van der Waals surface area contributed by atoms with Crippen LogP contribution in [0.4, 0.5) is 10.2 Å². The van der Waals surface area contributed by atoms with E-state index in [0.29, 0.717) is 11.4 Å². The Morgan fingerprint density at radius 2 is 2.20 bits per heavy atom. The van der Waals surface area contributed by atoms with Crippen molar-refractivity contribution in [2.45, 2.75) is 13.3 Å². The Kier molecular flexibility index (Phi) is 5.11. The van der Waals surface area contributed by atoms with Crippen molar-refractivity contribution in [3.63, 3.8) is 0 Å². The van der Waals surface area contributed by atoms with Crippen LogP contribution in [0.2, 0.25) is 0 Å². The summed E-state index contributed by atoms with van der Waals surface area (Å²) < 4.78 is 19.6. The van der Waals surface area contributed by atoms with Gasteiger partial charge in [0.1, 0.15) is 5.82 Å². The van der Waals surface area contributed by atoms with Gasteiger partial charge in [0.15, 0.2) is 17.4 Å². The summed E-state index contributed by atoms with van der Waals surface area (Å²) in [6.45, 7) is 2.92. The molecule has 106 valence electrons. The molecule has 1 aromatic heterocycles. The van der Waals surface area contributed by atoms with Gasteiger partial charge in [-0.2, -0.15) is 0 Å². The highest BCUT2D eigenvalue weighted by atomic mass is 127. The summed E-state index contributed by atoms with van der Waals surface area (Å²) in [5.41, 5.74) is 0.624. The van der Waals surface area contributed by atoms with Gasteiger partial charge in [-0.15, -0.1) is 0 Å².